The highest BCUT2D eigenvalue weighted by atomic mass is 16.5. The molecule has 1 aliphatic heterocycles. The molecule has 17 heavy (non-hydrogen) atoms. The fraction of sp³-hybridized carbons (Fsp3) is 0.467. The summed E-state index contributed by atoms with van der Waals surface area (Å²) in [6.07, 6.45) is 10.1. The SMILES string of the molecule is C=CC1=C(/C=C\COC)CN(C)C1=C1CCC1. The first-order chi connectivity index (χ1) is 8.27. The quantitative estimate of drug-likeness (QED) is 0.737. The van der Waals surface area contributed by atoms with Crippen LogP contribution in [0.25, 0.3) is 0 Å². The monoisotopic (exact) mass is 231 g/mol. The number of ether oxygens (including phenoxy) is 1. The molecule has 0 spiro atoms. The van der Waals surface area contributed by atoms with Gasteiger partial charge in [0.25, 0.3) is 0 Å². The Morgan fingerprint density at radius 3 is 2.71 bits per heavy atom. The molecule has 1 aliphatic carbocycles. The zero-order valence-corrected chi connectivity index (χ0v) is 10.8. The van der Waals surface area contributed by atoms with Crippen LogP contribution in [0.15, 0.2) is 47.2 Å². The van der Waals surface area contributed by atoms with Crippen molar-refractivity contribution in [2.45, 2.75) is 19.3 Å². The van der Waals surface area contributed by atoms with Crippen LogP contribution in [0, 0.1) is 0 Å². The van der Waals surface area contributed by atoms with Gasteiger partial charge in [-0.25, -0.2) is 0 Å². The van der Waals surface area contributed by atoms with E-state index >= 15 is 0 Å². The molecule has 0 atom stereocenters. The predicted octanol–water partition coefficient (Wildman–Crippen LogP) is 3.06. The molecule has 0 N–H and O–H groups in total. The molecule has 0 aromatic carbocycles. The summed E-state index contributed by atoms with van der Waals surface area (Å²) in [5.41, 5.74) is 5.68. The van der Waals surface area contributed by atoms with E-state index in [9.17, 15) is 0 Å². The first-order valence-corrected chi connectivity index (χ1v) is 6.22. The molecule has 2 nitrogen and oxygen atoms in total. The normalized spacial score (nSPS) is 20.5. The zero-order chi connectivity index (χ0) is 12.3. The van der Waals surface area contributed by atoms with Crippen LogP contribution in [-0.2, 0) is 4.74 Å². The fourth-order valence-electron chi connectivity index (χ4n) is 2.49. The summed E-state index contributed by atoms with van der Waals surface area (Å²) >= 11 is 0. The second-order valence-electron chi connectivity index (χ2n) is 4.66. The molecule has 1 heterocycles. The average molecular weight is 231 g/mol. The molecule has 0 radical (unpaired) electrons. The van der Waals surface area contributed by atoms with Crippen molar-refractivity contribution in [2.24, 2.45) is 0 Å². The van der Waals surface area contributed by atoms with Gasteiger partial charge < -0.3 is 9.64 Å². The van der Waals surface area contributed by atoms with Gasteiger partial charge in [-0.3, -0.25) is 0 Å². The Morgan fingerprint density at radius 1 is 1.41 bits per heavy atom. The van der Waals surface area contributed by atoms with Crippen LogP contribution in [0.5, 0.6) is 0 Å². The average Bonchev–Trinajstić information content (AvgIpc) is 2.54. The minimum absolute atomic E-state index is 0.670. The lowest BCUT2D eigenvalue weighted by molar-refractivity contribution is 0.234. The lowest BCUT2D eigenvalue weighted by Gasteiger charge is -2.25. The Hall–Kier alpha value is -1.28. The van der Waals surface area contributed by atoms with Crippen LogP contribution in [0.4, 0.5) is 0 Å². The van der Waals surface area contributed by atoms with Crippen molar-refractivity contribution in [2.75, 3.05) is 27.3 Å². The number of allylic oxidation sites excluding steroid dienone is 2. The molecular formula is C15H21NO. The Morgan fingerprint density at radius 2 is 2.18 bits per heavy atom. The molecule has 0 amide bonds. The van der Waals surface area contributed by atoms with Gasteiger partial charge in [0.15, 0.2) is 0 Å². The van der Waals surface area contributed by atoms with Gasteiger partial charge >= 0.3 is 0 Å². The van der Waals surface area contributed by atoms with E-state index in [1.165, 1.54) is 36.1 Å². The molecule has 0 bridgehead atoms. The van der Waals surface area contributed by atoms with Crippen molar-refractivity contribution in [1.82, 2.24) is 4.90 Å². The highest BCUT2D eigenvalue weighted by molar-refractivity contribution is 5.53. The molecule has 2 heteroatoms. The van der Waals surface area contributed by atoms with Crippen LogP contribution in [0.2, 0.25) is 0 Å². The number of likely N-dealkylation sites (N-methyl/N-ethyl adjacent to an activating group) is 1. The molecule has 0 aromatic heterocycles. The van der Waals surface area contributed by atoms with Gasteiger partial charge in [-0.2, -0.15) is 0 Å². The maximum absolute atomic E-state index is 5.04. The summed E-state index contributed by atoms with van der Waals surface area (Å²) in [5.74, 6) is 0. The maximum atomic E-state index is 5.04. The van der Waals surface area contributed by atoms with E-state index in [0.29, 0.717) is 6.61 Å². The van der Waals surface area contributed by atoms with E-state index < -0.39 is 0 Å². The maximum Gasteiger partial charge on any atom is 0.0646 e. The van der Waals surface area contributed by atoms with Gasteiger partial charge in [0.1, 0.15) is 0 Å². The lowest BCUT2D eigenvalue weighted by Crippen LogP contribution is -2.17. The molecule has 2 rings (SSSR count). The van der Waals surface area contributed by atoms with Gasteiger partial charge in [-0.15, -0.1) is 0 Å². The first kappa shape index (κ1) is 12.2. The van der Waals surface area contributed by atoms with Crippen LogP contribution in [0.1, 0.15) is 19.3 Å². The zero-order valence-electron chi connectivity index (χ0n) is 10.8. The Labute approximate surface area is 104 Å². The largest absolute Gasteiger partial charge is 0.381 e. The van der Waals surface area contributed by atoms with Crippen LogP contribution >= 0.6 is 0 Å². The van der Waals surface area contributed by atoms with Crippen molar-refractivity contribution >= 4 is 0 Å². The number of methoxy groups -OCH3 is 1. The standard InChI is InChI=1S/C15H21NO/c1-4-14-13(9-6-10-17-3)11-16(2)15(14)12-7-5-8-12/h4,6,9H,1,5,7-8,10-11H2,2-3H3/b9-6-. The summed E-state index contributed by atoms with van der Waals surface area (Å²) in [7, 11) is 3.89. The third-order valence-corrected chi connectivity index (χ3v) is 3.47. The summed E-state index contributed by atoms with van der Waals surface area (Å²) in [4.78, 5) is 2.35. The molecule has 0 unspecified atom stereocenters. The highest BCUT2D eigenvalue weighted by Gasteiger charge is 2.26. The molecular weight excluding hydrogens is 210 g/mol. The minimum Gasteiger partial charge on any atom is -0.381 e. The Balaban J connectivity index is 2.26. The summed E-state index contributed by atoms with van der Waals surface area (Å²) in [6.45, 7) is 5.62. The van der Waals surface area contributed by atoms with Crippen molar-refractivity contribution in [3.05, 3.63) is 47.2 Å². The van der Waals surface area contributed by atoms with E-state index in [4.69, 9.17) is 4.74 Å². The van der Waals surface area contributed by atoms with Gasteiger partial charge in [0, 0.05) is 32.0 Å². The lowest BCUT2D eigenvalue weighted by atomic mass is 9.88. The van der Waals surface area contributed by atoms with Crippen molar-refractivity contribution in [1.29, 1.82) is 0 Å². The molecule has 1 fully saturated rings. The van der Waals surface area contributed by atoms with E-state index in [-0.39, 0.29) is 0 Å². The molecule has 92 valence electrons. The summed E-state index contributed by atoms with van der Waals surface area (Å²) in [6, 6.07) is 0. The van der Waals surface area contributed by atoms with E-state index in [2.05, 4.69) is 30.7 Å². The number of nitrogens with zero attached hydrogens (tertiary/aromatic N) is 1. The smallest absolute Gasteiger partial charge is 0.0646 e. The highest BCUT2D eigenvalue weighted by Crippen LogP contribution is 2.38. The second kappa shape index (κ2) is 5.37. The number of hydrogen-bond donors (Lipinski definition) is 0. The van der Waals surface area contributed by atoms with Gasteiger partial charge in [-0.05, 0) is 30.4 Å². The summed E-state index contributed by atoms with van der Waals surface area (Å²) in [5, 5.41) is 0. The Kier molecular flexibility index (Phi) is 3.85. The van der Waals surface area contributed by atoms with Gasteiger partial charge in [0.05, 0.1) is 6.61 Å². The van der Waals surface area contributed by atoms with E-state index in [1.807, 2.05) is 6.08 Å². The number of rotatable bonds is 4. The second-order valence-corrected chi connectivity index (χ2v) is 4.66. The Bertz CT molecular complexity index is 395. The van der Waals surface area contributed by atoms with Crippen molar-refractivity contribution < 1.29 is 4.74 Å². The number of hydrogen-bond acceptors (Lipinski definition) is 2. The molecule has 2 aliphatic rings. The minimum atomic E-state index is 0.670. The van der Waals surface area contributed by atoms with Gasteiger partial charge in [-0.1, -0.05) is 24.8 Å². The third-order valence-electron chi connectivity index (χ3n) is 3.47. The van der Waals surface area contributed by atoms with Gasteiger partial charge in [0.2, 0.25) is 0 Å². The van der Waals surface area contributed by atoms with Crippen molar-refractivity contribution in [3.63, 3.8) is 0 Å². The topological polar surface area (TPSA) is 12.5 Å². The first-order valence-electron chi connectivity index (χ1n) is 6.22. The predicted molar refractivity (Wildman–Crippen MR) is 71.7 cm³/mol. The third kappa shape index (κ3) is 2.37. The molecule has 1 saturated carbocycles. The van der Waals surface area contributed by atoms with E-state index in [0.717, 1.165) is 6.54 Å². The van der Waals surface area contributed by atoms with Crippen LogP contribution in [0.3, 0.4) is 0 Å². The van der Waals surface area contributed by atoms with Crippen molar-refractivity contribution in [3.8, 4) is 0 Å². The van der Waals surface area contributed by atoms with Crippen LogP contribution < -0.4 is 0 Å². The summed E-state index contributed by atoms with van der Waals surface area (Å²) < 4.78 is 5.04. The van der Waals surface area contributed by atoms with E-state index in [1.54, 1.807) is 12.7 Å². The molecule has 0 aromatic rings. The van der Waals surface area contributed by atoms with Crippen LogP contribution in [-0.4, -0.2) is 32.2 Å². The molecule has 0 saturated heterocycles. The fourth-order valence-corrected chi connectivity index (χ4v) is 2.49.